The summed E-state index contributed by atoms with van der Waals surface area (Å²) in [6.07, 6.45) is 10.0. The van der Waals surface area contributed by atoms with E-state index in [2.05, 4.69) is 12.2 Å². The first kappa shape index (κ1) is 14.9. The fourth-order valence-corrected chi connectivity index (χ4v) is 3.93. The van der Waals surface area contributed by atoms with E-state index in [4.69, 9.17) is 0 Å². The van der Waals surface area contributed by atoms with Crippen molar-refractivity contribution in [1.29, 1.82) is 0 Å². The fourth-order valence-electron chi connectivity index (χ4n) is 3.93. The van der Waals surface area contributed by atoms with Crippen LogP contribution < -0.4 is 5.32 Å². The molecule has 1 saturated heterocycles. The maximum absolute atomic E-state index is 12.9. The molecule has 4 heteroatoms. The number of hydrogen-bond donors (Lipinski definition) is 1. The van der Waals surface area contributed by atoms with Crippen molar-refractivity contribution < 1.29 is 9.59 Å². The third kappa shape index (κ3) is 3.24. The van der Waals surface area contributed by atoms with Crippen LogP contribution >= 0.6 is 0 Å². The Morgan fingerprint density at radius 2 is 1.81 bits per heavy atom. The number of nitrogens with one attached hydrogen (secondary N) is 1. The van der Waals surface area contributed by atoms with Crippen LogP contribution in [-0.2, 0) is 9.59 Å². The molecule has 1 N–H and O–H groups in total. The van der Waals surface area contributed by atoms with Crippen molar-refractivity contribution in [3.8, 4) is 0 Å². The molecular weight excluding hydrogens is 264 g/mol. The summed E-state index contributed by atoms with van der Waals surface area (Å²) in [4.78, 5) is 27.4. The average molecular weight is 292 g/mol. The van der Waals surface area contributed by atoms with E-state index in [-0.39, 0.29) is 23.9 Å². The van der Waals surface area contributed by atoms with E-state index in [0.29, 0.717) is 11.8 Å². The molecule has 2 unspecified atom stereocenters. The minimum atomic E-state index is -0.246. The zero-order valence-electron chi connectivity index (χ0n) is 13.1. The standard InChI is InChI=1S/C17H28N2O2/c1-2-6-14-16(20)18-15(13-7-4-3-5-8-13)17(21)19(14)11-12-9-10-12/h12-15H,2-11H2,1H3,(H,18,20). The molecule has 21 heavy (non-hydrogen) atoms. The first-order valence-electron chi connectivity index (χ1n) is 8.81. The summed E-state index contributed by atoms with van der Waals surface area (Å²) < 4.78 is 0. The summed E-state index contributed by atoms with van der Waals surface area (Å²) in [5, 5.41) is 3.06. The second-order valence-electron chi connectivity index (χ2n) is 7.12. The molecule has 4 nitrogen and oxygen atoms in total. The summed E-state index contributed by atoms with van der Waals surface area (Å²) in [5.74, 6) is 1.30. The zero-order valence-corrected chi connectivity index (χ0v) is 13.1. The van der Waals surface area contributed by atoms with Crippen LogP contribution in [0.4, 0.5) is 0 Å². The lowest BCUT2D eigenvalue weighted by molar-refractivity contribution is -0.152. The highest BCUT2D eigenvalue weighted by molar-refractivity contribution is 5.97. The summed E-state index contributed by atoms with van der Waals surface area (Å²) in [7, 11) is 0. The molecule has 0 bridgehead atoms. The molecule has 1 aliphatic heterocycles. The smallest absolute Gasteiger partial charge is 0.246 e. The molecule has 2 atom stereocenters. The Morgan fingerprint density at radius 3 is 2.43 bits per heavy atom. The molecule has 0 aromatic rings. The maximum atomic E-state index is 12.9. The van der Waals surface area contributed by atoms with E-state index in [0.717, 1.165) is 32.2 Å². The Kier molecular flexibility index (Phi) is 4.51. The summed E-state index contributed by atoms with van der Waals surface area (Å²) in [6.45, 7) is 2.89. The highest BCUT2D eigenvalue weighted by Crippen LogP contribution is 2.34. The second kappa shape index (κ2) is 6.37. The van der Waals surface area contributed by atoms with Crippen LogP contribution in [0.2, 0.25) is 0 Å². The molecule has 1 heterocycles. The molecule has 2 aliphatic carbocycles. The lowest BCUT2D eigenvalue weighted by Gasteiger charge is -2.42. The van der Waals surface area contributed by atoms with E-state index in [1.54, 1.807) is 0 Å². The minimum Gasteiger partial charge on any atom is -0.342 e. The van der Waals surface area contributed by atoms with Gasteiger partial charge in [-0.2, -0.15) is 0 Å². The number of rotatable bonds is 5. The van der Waals surface area contributed by atoms with Gasteiger partial charge < -0.3 is 10.2 Å². The minimum absolute atomic E-state index is 0.0904. The lowest BCUT2D eigenvalue weighted by atomic mass is 9.82. The molecule has 3 aliphatic rings. The molecule has 0 radical (unpaired) electrons. The third-order valence-corrected chi connectivity index (χ3v) is 5.36. The van der Waals surface area contributed by atoms with E-state index in [1.165, 1.54) is 32.1 Å². The summed E-state index contributed by atoms with van der Waals surface area (Å²) in [6, 6.07) is -0.465. The normalized spacial score (nSPS) is 31.4. The highest BCUT2D eigenvalue weighted by Gasteiger charge is 2.44. The molecular formula is C17H28N2O2. The second-order valence-corrected chi connectivity index (χ2v) is 7.12. The Bertz CT molecular complexity index is 400. The van der Waals surface area contributed by atoms with Crippen LogP contribution in [0, 0.1) is 11.8 Å². The first-order chi connectivity index (χ1) is 10.2. The van der Waals surface area contributed by atoms with Gasteiger partial charge in [0, 0.05) is 6.54 Å². The van der Waals surface area contributed by atoms with Crippen molar-refractivity contribution in [2.45, 2.75) is 76.8 Å². The molecule has 0 spiro atoms. The van der Waals surface area contributed by atoms with E-state index < -0.39 is 0 Å². The van der Waals surface area contributed by atoms with Gasteiger partial charge in [0.1, 0.15) is 12.1 Å². The van der Waals surface area contributed by atoms with Gasteiger partial charge in [0.05, 0.1) is 0 Å². The number of carbonyl (C=O) groups is 2. The van der Waals surface area contributed by atoms with Gasteiger partial charge in [0.2, 0.25) is 11.8 Å². The van der Waals surface area contributed by atoms with Crippen LogP contribution in [0.1, 0.15) is 64.7 Å². The fraction of sp³-hybridized carbons (Fsp3) is 0.882. The third-order valence-electron chi connectivity index (χ3n) is 5.36. The van der Waals surface area contributed by atoms with Gasteiger partial charge in [0.25, 0.3) is 0 Å². The van der Waals surface area contributed by atoms with Crippen LogP contribution in [0.5, 0.6) is 0 Å². The van der Waals surface area contributed by atoms with Gasteiger partial charge >= 0.3 is 0 Å². The van der Waals surface area contributed by atoms with Crippen molar-refractivity contribution in [2.24, 2.45) is 11.8 Å². The number of carbonyl (C=O) groups excluding carboxylic acids is 2. The highest BCUT2D eigenvalue weighted by atomic mass is 16.2. The SMILES string of the molecule is CCCC1C(=O)NC(C2CCCCC2)C(=O)N1CC1CC1. The molecule has 0 aromatic carbocycles. The van der Waals surface area contributed by atoms with Crippen LogP contribution in [-0.4, -0.2) is 35.3 Å². The van der Waals surface area contributed by atoms with Crippen molar-refractivity contribution in [3.63, 3.8) is 0 Å². The predicted molar refractivity (Wildman–Crippen MR) is 81.6 cm³/mol. The Morgan fingerprint density at radius 1 is 1.10 bits per heavy atom. The monoisotopic (exact) mass is 292 g/mol. The van der Waals surface area contributed by atoms with Gasteiger partial charge in [-0.05, 0) is 43.9 Å². The molecule has 0 aromatic heterocycles. The largest absolute Gasteiger partial charge is 0.342 e. The number of amides is 2. The first-order valence-corrected chi connectivity index (χ1v) is 8.81. The Labute approximate surface area is 127 Å². The van der Waals surface area contributed by atoms with Crippen molar-refractivity contribution in [3.05, 3.63) is 0 Å². The van der Waals surface area contributed by atoms with Crippen LogP contribution in [0.3, 0.4) is 0 Å². The van der Waals surface area contributed by atoms with Gasteiger partial charge in [0.15, 0.2) is 0 Å². The summed E-state index contributed by atoms with van der Waals surface area (Å²) >= 11 is 0. The predicted octanol–water partition coefficient (Wildman–Crippen LogP) is 2.47. The average Bonchev–Trinajstić information content (AvgIpc) is 3.31. The molecule has 2 amide bonds. The topological polar surface area (TPSA) is 49.4 Å². The van der Waals surface area contributed by atoms with Gasteiger partial charge in [-0.15, -0.1) is 0 Å². The van der Waals surface area contributed by atoms with Gasteiger partial charge in [-0.3, -0.25) is 9.59 Å². The van der Waals surface area contributed by atoms with Crippen LogP contribution in [0.15, 0.2) is 0 Å². The van der Waals surface area contributed by atoms with Crippen molar-refractivity contribution in [2.75, 3.05) is 6.54 Å². The van der Waals surface area contributed by atoms with Crippen LogP contribution in [0.25, 0.3) is 0 Å². The van der Waals surface area contributed by atoms with Gasteiger partial charge in [-0.25, -0.2) is 0 Å². The maximum Gasteiger partial charge on any atom is 0.246 e. The Hall–Kier alpha value is -1.06. The number of hydrogen-bond acceptors (Lipinski definition) is 2. The molecule has 118 valence electrons. The molecule has 3 fully saturated rings. The molecule has 2 saturated carbocycles. The Balaban J connectivity index is 1.74. The zero-order chi connectivity index (χ0) is 14.8. The number of piperazine rings is 1. The lowest BCUT2D eigenvalue weighted by Crippen LogP contribution is -2.65. The summed E-state index contributed by atoms with van der Waals surface area (Å²) in [5.41, 5.74) is 0. The van der Waals surface area contributed by atoms with E-state index >= 15 is 0 Å². The molecule has 3 rings (SSSR count). The number of nitrogens with zero attached hydrogens (tertiary/aromatic N) is 1. The van der Waals surface area contributed by atoms with E-state index in [9.17, 15) is 9.59 Å². The van der Waals surface area contributed by atoms with Gasteiger partial charge in [-0.1, -0.05) is 32.6 Å². The van der Waals surface area contributed by atoms with Crippen molar-refractivity contribution >= 4 is 11.8 Å². The van der Waals surface area contributed by atoms with Crippen molar-refractivity contribution in [1.82, 2.24) is 10.2 Å². The quantitative estimate of drug-likeness (QED) is 0.846. The van der Waals surface area contributed by atoms with E-state index in [1.807, 2.05) is 4.90 Å².